The summed E-state index contributed by atoms with van der Waals surface area (Å²) in [5, 5.41) is 3.03. The van der Waals surface area contributed by atoms with E-state index in [1.54, 1.807) is 0 Å². The molecule has 1 N–H and O–H groups in total. The first-order valence-corrected chi connectivity index (χ1v) is 9.10. The Labute approximate surface area is 144 Å². The fraction of sp³-hybridized carbons (Fsp3) is 0.588. The van der Waals surface area contributed by atoms with Gasteiger partial charge in [0, 0.05) is 23.0 Å². The van der Waals surface area contributed by atoms with Gasteiger partial charge >= 0.3 is 6.09 Å². The second-order valence-corrected chi connectivity index (χ2v) is 7.51. The number of halogens is 1. The third-order valence-electron chi connectivity index (χ3n) is 5.16. The second kappa shape index (κ2) is 6.32. The zero-order chi connectivity index (χ0) is 15.8. The zero-order valence-electron chi connectivity index (χ0n) is 13.0. The summed E-state index contributed by atoms with van der Waals surface area (Å²) in [6.45, 7) is 3.79. The number of alkyl carbamates (subject to hydrolysis) is 1. The van der Waals surface area contributed by atoms with Crippen LogP contribution in [0.3, 0.4) is 0 Å². The van der Waals surface area contributed by atoms with E-state index in [9.17, 15) is 4.79 Å². The Hall–Kier alpha value is -1.27. The first-order valence-electron chi connectivity index (χ1n) is 8.31. The van der Waals surface area contributed by atoms with E-state index in [4.69, 9.17) is 9.47 Å². The topological polar surface area (TPSA) is 50.8 Å². The minimum atomic E-state index is -0.304. The number of amides is 1. The highest BCUT2D eigenvalue weighted by atomic mass is 79.9. The number of benzene rings is 1. The number of rotatable bonds is 2. The van der Waals surface area contributed by atoms with Crippen molar-refractivity contribution in [2.45, 2.75) is 31.4 Å². The molecule has 23 heavy (non-hydrogen) atoms. The van der Waals surface area contributed by atoms with Gasteiger partial charge in [0.2, 0.25) is 0 Å². The summed E-state index contributed by atoms with van der Waals surface area (Å²) in [7, 11) is 0. The minimum absolute atomic E-state index is 0.0410. The van der Waals surface area contributed by atoms with Crippen molar-refractivity contribution in [2.24, 2.45) is 5.92 Å². The summed E-state index contributed by atoms with van der Waals surface area (Å²) in [5.41, 5.74) is 1.01. The summed E-state index contributed by atoms with van der Waals surface area (Å²) in [6.07, 6.45) is 2.79. The number of nitrogens with zero attached hydrogens (tertiary/aromatic N) is 1. The Morgan fingerprint density at radius 2 is 2.13 bits per heavy atom. The molecular formula is C17H21BrN2O3. The molecule has 0 aromatic heterocycles. The Balaban J connectivity index is 1.41. The van der Waals surface area contributed by atoms with Crippen molar-refractivity contribution in [1.29, 1.82) is 0 Å². The molecule has 5 rings (SSSR count). The molecule has 0 aliphatic carbocycles. The van der Waals surface area contributed by atoms with E-state index >= 15 is 0 Å². The van der Waals surface area contributed by atoms with E-state index in [1.807, 2.05) is 18.2 Å². The Kier molecular flexibility index (Phi) is 4.20. The van der Waals surface area contributed by atoms with Crippen molar-refractivity contribution in [1.82, 2.24) is 10.2 Å². The van der Waals surface area contributed by atoms with E-state index in [1.165, 1.54) is 0 Å². The zero-order valence-corrected chi connectivity index (χ0v) is 14.5. The van der Waals surface area contributed by atoms with Crippen molar-refractivity contribution < 1.29 is 14.3 Å². The Bertz CT molecular complexity index is 602. The van der Waals surface area contributed by atoms with Crippen molar-refractivity contribution >= 4 is 22.0 Å². The third kappa shape index (κ3) is 3.19. The molecule has 0 spiro atoms. The SMILES string of the molecule is O=C(NC1CCOc2ccc(Br)cc21)O[C@@H]1CN2CCC1CC2. The van der Waals surface area contributed by atoms with Gasteiger partial charge in [-0.1, -0.05) is 15.9 Å². The van der Waals surface area contributed by atoms with E-state index in [-0.39, 0.29) is 18.2 Å². The van der Waals surface area contributed by atoms with Crippen LogP contribution in [0.5, 0.6) is 5.75 Å². The van der Waals surface area contributed by atoms with Crippen molar-refractivity contribution in [3.05, 3.63) is 28.2 Å². The maximum absolute atomic E-state index is 12.3. The molecule has 1 amide bonds. The van der Waals surface area contributed by atoms with Crippen molar-refractivity contribution in [2.75, 3.05) is 26.2 Å². The van der Waals surface area contributed by atoms with Gasteiger partial charge in [-0.05, 0) is 50.0 Å². The number of carbonyl (C=O) groups excluding carboxylic acids is 1. The van der Waals surface area contributed by atoms with Crippen LogP contribution in [0.25, 0.3) is 0 Å². The normalized spacial score (nSPS) is 31.9. The number of hydrogen-bond donors (Lipinski definition) is 1. The van der Waals surface area contributed by atoms with Crippen LogP contribution in [0.2, 0.25) is 0 Å². The monoisotopic (exact) mass is 380 g/mol. The van der Waals surface area contributed by atoms with Crippen LogP contribution in [0.15, 0.2) is 22.7 Å². The number of piperidine rings is 3. The number of nitrogens with one attached hydrogen (secondary N) is 1. The third-order valence-corrected chi connectivity index (χ3v) is 5.65. The van der Waals surface area contributed by atoms with E-state index in [2.05, 4.69) is 26.1 Å². The Morgan fingerprint density at radius 3 is 2.87 bits per heavy atom. The van der Waals surface area contributed by atoms with Crippen LogP contribution >= 0.6 is 15.9 Å². The summed E-state index contributed by atoms with van der Waals surface area (Å²) in [6, 6.07) is 5.84. The molecule has 6 heteroatoms. The molecule has 0 radical (unpaired) electrons. The van der Waals surface area contributed by atoms with Crippen molar-refractivity contribution in [3.8, 4) is 5.75 Å². The van der Waals surface area contributed by atoms with Gasteiger partial charge in [-0.25, -0.2) is 4.79 Å². The van der Waals surface area contributed by atoms with Crippen LogP contribution in [0, 0.1) is 5.92 Å². The number of hydrogen-bond acceptors (Lipinski definition) is 4. The average molecular weight is 381 g/mol. The Morgan fingerprint density at radius 1 is 1.30 bits per heavy atom. The van der Waals surface area contributed by atoms with Gasteiger partial charge in [0.05, 0.1) is 12.6 Å². The molecule has 1 aromatic rings. The van der Waals surface area contributed by atoms with Gasteiger partial charge in [-0.2, -0.15) is 0 Å². The highest BCUT2D eigenvalue weighted by Gasteiger charge is 2.37. The average Bonchev–Trinajstić information content (AvgIpc) is 2.56. The van der Waals surface area contributed by atoms with Crippen LogP contribution in [-0.2, 0) is 4.74 Å². The van der Waals surface area contributed by atoms with Gasteiger partial charge in [-0.3, -0.25) is 4.90 Å². The van der Waals surface area contributed by atoms with Crippen LogP contribution < -0.4 is 10.1 Å². The van der Waals surface area contributed by atoms with Crippen LogP contribution in [-0.4, -0.2) is 43.3 Å². The van der Waals surface area contributed by atoms with Gasteiger partial charge < -0.3 is 14.8 Å². The quantitative estimate of drug-likeness (QED) is 0.856. The lowest BCUT2D eigenvalue weighted by atomic mass is 9.86. The number of fused-ring (bicyclic) bond motifs is 4. The first kappa shape index (κ1) is 15.3. The van der Waals surface area contributed by atoms with Gasteiger partial charge in [0.15, 0.2) is 0 Å². The number of carbonyl (C=O) groups is 1. The second-order valence-electron chi connectivity index (χ2n) is 6.60. The molecule has 124 valence electrons. The molecule has 5 nitrogen and oxygen atoms in total. The molecule has 1 aromatic carbocycles. The summed E-state index contributed by atoms with van der Waals surface area (Å²) in [5.74, 6) is 1.37. The minimum Gasteiger partial charge on any atom is -0.493 e. The largest absolute Gasteiger partial charge is 0.493 e. The molecular weight excluding hydrogens is 360 g/mol. The van der Waals surface area contributed by atoms with E-state index in [0.29, 0.717) is 12.5 Å². The van der Waals surface area contributed by atoms with Crippen molar-refractivity contribution in [3.63, 3.8) is 0 Å². The van der Waals surface area contributed by atoms with Gasteiger partial charge in [0.1, 0.15) is 11.9 Å². The fourth-order valence-electron chi connectivity index (χ4n) is 3.87. The molecule has 2 atom stereocenters. The maximum Gasteiger partial charge on any atom is 0.407 e. The summed E-state index contributed by atoms with van der Waals surface area (Å²) >= 11 is 3.48. The van der Waals surface area contributed by atoms with Gasteiger partial charge in [0.25, 0.3) is 0 Å². The predicted octanol–water partition coefficient (Wildman–Crippen LogP) is 3.09. The van der Waals surface area contributed by atoms with Crippen LogP contribution in [0.4, 0.5) is 4.79 Å². The molecule has 0 saturated carbocycles. The molecule has 4 heterocycles. The fourth-order valence-corrected chi connectivity index (χ4v) is 4.25. The lowest BCUT2D eigenvalue weighted by molar-refractivity contribution is -0.0342. The molecule has 4 aliphatic rings. The smallest absolute Gasteiger partial charge is 0.407 e. The standard InChI is InChI=1S/C17H21BrN2O3/c18-12-1-2-15-13(9-12)14(5-8-22-15)19-17(21)23-16-10-20-6-3-11(16)4-7-20/h1-2,9,11,14,16H,3-8,10H2,(H,19,21)/t14?,16-/m1/s1. The molecule has 3 saturated heterocycles. The van der Waals surface area contributed by atoms with Gasteiger partial charge in [-0.15, -0.1) is 0 Å². The molecule has 1 unspecified atom stereocenters. The van der Waals surface area contributed by atoms with E-state index < -0.39 is 0 Å². The molecule has 2 bridgehead atoms. The highest BCUT2D eigenvalue weighted by Crippen LogP contribution is 2.34. The first-order chi connectivity index (χ1) is 11.2. The number of ether oxygens (including phenoxy) is 2. The van der Waals surface area contributed by atoms with E-state index in [0.717, 1.165) is 54.7 Å². The lowest BCUT2D eigenvalue weighted by Crippen LogP contribution is -2.52. The molecule has 4 aliphatic heterocycles. The molecule has 3 fully saturated rings. The highest BCUT2D eigenvalue weighted by molar-refractivity contribution is 9.10. The maximum atomic E-state index is 12.3. The summed E-state index contributed by atoms with van der Waals surface area (Å²) in [4.78, 5) is 14.7. The predicted molar refractivity (Wildman–Crippen MR) is 89.6 cm³/mol. The lowest BCUT2D eigenvalue weighted by Gasteiger charge is -2.44. The summed E-state index contributed by atoms with van der Waals surface area (Å²) < 4.78 is 12.4. The van der Waals surface area contributed by atoms with Crippen LogP contribution in [0.1, 0.15) is 30.9 Å².